The van der Waals surface area contributed by atoms with E-state index in [2.05, 4.69) is 17.5 Å². The van der Waals surface area contributed by atoms with Gasteiger partial charge in [-0.05, 0) is 55.9 Å². The van der Waals surface area contributed by atoms with Gasteiger partial charge in [-0.2, -0.15) is 5.10 Å². The van der Waals surface area contributed by atoms with E-state index in [1.54, 1.807) is 12.1 Å². The van der Waals surface area contributed by atoms with Crippen molar-refractivity contribution in [1.29, 1.82) is 0 Å². The van der Waals surface area contributed by atoms with Crippen molar-refractivity contribution in [1.82, 2.24) is 5.43 Å². The minimum Gasteiger partial charge on any atom is -0.490 e. The van der Waals surface area contributed by atoms with Crippen LogP contribution in [0.3, 0.4) is 0 Å². The molecule has 5 heteroatoms. The van der Waals surface area contributed by atoms with Crippen molar-refractivity contribution in [2.75, 3.05) is 13.2 Å². The maximum Gasteiger partial charge on any atom is 0.275 e. The molecule has 0 spiro atoms. The molecule has 1 amide bonds. The lowest BCUT2D eigenvalue weighted by Crippen LogP contribution is -2.23. The summed E-state index contributed by atoms with van der Waals surface area (Å²) < 4.78 is 11.4. The molecule has 1 atom stereocenters. The van der Waals surface area contributed by atoms with Gasteiger partial charge in [-0.1, -0.05) is 37.3 Å². The first-order chi connectivity index (χ1) is 13.2. The second-order valence-electron chi connectivity index (χ2n) is 6.83. The van der Waals surface area contributed by atoms with Gasteiger partial charge in [0.25, 0.3) is 5.91 Å². The molecule has 0 aromatic heterocycles. The Hall–Kier alpha value is -2.82. The summed E-state index contributed by atoms with van der Waals surface area (Å²) in [6.45, 7) is 2.97. The van der Waals surface area contributed by atoms with E-state index >= 15 is 0 Å². The average Bonchev–Trinajstić information content (AvgIpc) is 2.70. The first kappa shape index (κ1) is 19.0. The Morgan fingerprint density at radius 2 is 1.81 bits per heavy atom. The minimum atomic E-state index is -0.250. The number of nitrogens with zero attached hydrogens (tertiary/aromatic N) is 1. The van der Waals surface area contributed by atoms with Crippen molar-refractivity contribution in [3.8, 4) is 11.5 Å². The highest BCUT2D eigenvalue weighted by Gasteiger charge is 2.16. The number of benzene rings is 2. The Morgan fingerprint density at radius 1 is 1.07 bits per heavy atom. The Balaban J connectivity index is 1.53. The molecule has 1 N–H and O–H groups in total. The minimum absolute atomic E-state index is 0.250. The number of hydrogen-bond acceptors (Lipinski definition) is 4. The van der Waals surface area contributed by atoms with Crippen LogP contribution in [0.2, 0.25) is 0 Å². The molecule has 0 aliphatic heterocycles. The molecule has 0 bridgehead atoms. The van der Waals surface area contributed by atoms with Crippen LogP contribution in [0.1, 0.15) is 43.0 Å². The molecule has 2 aromatic rings. The van der Waals surface area contributed by atoms with Gasteiger partial charge < -0.3 is 9.47 Å². The summed E-state index contributed by atoms with van der Waals surface area (Å²) in [5.41, 5.74) is 4.23. The van der Waals surface area contributed by atoms with E-state index in [0.29, 0.717) is 30.4 Å². The maximum atomic E-state index is 12.5. The highest BCUT2D eigenvalue weighted by atomic mass is 16.5. The standard InChI is InChI=1S/C22H26N2O3/c1-17-8-7-9-18(16-17)23-24-22(25)20-12-5-6-13-21(20)27-15-14-26-19-10-3-2-4-11-19/h2-6,10-13,17H,7-9,14-16H2,1H3,(H,24,25)/b23-18+. The summed E-state index contributed by atoms with van der Waals surface area (Å²) in [7, 11) is 0. The predicted octanol–water partition coefficient (Wildman–Crippen LogP) is 4.44. The van der Waals surface area contributed by atoms with E-state index in [1.807, 2.05) is 42.5 Å². The third-order valence-electron chi connectivity index (χ3n) is 4.55. The van der Waals surface area contributed by atoms with Gasteiger partial charge in [-0.25, -0.2) is 5.43 Å². The van der Waals surface area contributed by atoms with E-state index in [0.717, 1.165) is 30.7 Å². The van der Waals surface area contributed by atoms with E-state index in [4.69, 9.17) is 9.47 Å². The molecule has 0 radical (unpaired) electrons. The van der Waals surface area contributed by atoms with Crippen molar-refractivity contribution in [2.24, 2.45) is 11.0 Å². The smallest absolute Gasteiger partial charge is 0.275 e. The number of ether oxygens (including phenoxy) is 2. The third-order valence-corrected chi connectivity index (χ3v) is 4.55. The number of amides is 1. The first-order valence-electron chi connectivity index (χ1n) is 9.48. The number of para-hydroxylation sites is 2. The van der Waals surface area contributed by atoms with E-state index in [9.17, 15) is 4.79 Å². The number of hydrazone groups is 1. The van der Waals surface area contributed by atoms with Gasteiger partial charge in [0.15, 0.2) is 0 Å². The van der Waals surface area contributed by atoms with Crippen LogP contribution in [-0.2, 0) is 0 Å². The second-order valence-corrected chi connectivity index (χ2v) is 6.83. The van der Waals surface area contributed by atoms with Crippen LogP contribution in [0.5, 0.6) is 11.5 Å². The van der Waals surface area contributed by atoms with Crippen LogP contribution in [-0.4, -0.2) is 24.8 Å². The third kappa shape index (κ3) is 5.84. The molecule has 27 heavy (non-hydrogen) atoms. The number of hydrogen-bond donors (Lipinski definition) is 1. The lowest BCUT2D eigenvalue weighted by molar-refractivity contribution is 0.0949. The molecule has 3 rings (SSSR count). The molecule has 142 valence electrons. The van der Waals surface area contributed by atoms with Gasteiger partial charge in [0.1, 0.15) is 24.7 Å². The fourth-order valence-electron chi connectivity index (χ4n) is 3.16. The molecule has 0 heterocycles. The van der Waals surface area contributed by atoms with Crippen molar-refractivity contribution in [2.45, 2.75) is 32.6 Å². The summed E-state index contributed by atoms with van der Waals surface area (Å²) in [6, 6.07) is 16.8. The molecule has 1 aliphatic carbocycles. The van der Waals surface area contributed by atoms with Crippen LogP contribution in [0.25, 0.3) is 0 Å². The van der Waals surface area contributed by atoms with Gasteiger partial charge >= 0.3 is 0 Å². The van der Waals surface area contributed by atoms with Crippen molar-refractivity contribution in [3.05, 3.63) is 60.2 Å². The van der Waals surface area contributed by atoms with Gasteiger partial charge in [0, 0.05) is 5.71 Å². The van der Waals surface area contributed by atoms with E-state index in [-0.39, 0.29) is 5.91 Å². The first-order valence-corrected chi connectivity index (χ1v) is 9.48. The van der Waals surface area contributed by atoms with Crippen molar-refractivity contribution >= 4 is 11.6 Å². The summed E-state index contributed by atoms with van der Waals surface area (Å²) >= 11 is 0. The van der Waals surface area contributed by atoms with Crippen molar-refractivity contribution < 1.29 is 14.3 Å². The summed E-state index contributed by atoms with van der Waals surface area (Å²) in [5, 5.41) is 4.32. The Labute approximate surface area is 160 Å². The fraction of sp³-hybridized carbons (Fsp3) is 0.364. The molecular weight excluding hydrogens is 340 g/mol. The summed E-state index contributed by atoms with van der Waals surface area (Å²) in [4.78, 5) is 12.5. The lowest BCUT2D eigenvalue weighted by atomic mass is 9.89. The maximum absolute atomic E-state index is 12.5. The zero-order valence-corrected chi connectivity index (χ0v) is 15.7. The zero-order chi connectivity index (χ0) is 18.9. The van der Waals surface area contributed by atoms with Crippen LogP contribution < -0.4 is 14.9 Å². The fourth-order valence-corrected chi connectivity index (χ4v) is 3.16. The summed E-state index contributed by atoms with van der Waals surface area (Å²) in [5.74, 6) is 1.71. The molecule has 0 saturated heterocycles. The molecule has 1 unspecified atom stereocenters. The second kappa shape index (κ2) is 9.76. The lowest BCUT2D eigenvalue weighted by Gasteiger charge is -2.19. The SMILES string of the molecule is CC1CCC/C(=N\NC(=O)c2ccccc2OCCOc2ccccc2)C1. The van der Waals surface area contributed by atoms with Crippen molar-refractivity contribution in [3.63, 3.8) is 0 Å². The quantitative estimate of drug-likeness (QED) is 0.582. The average molecular weight is 366 g/mol. The number of rotatable bonds is 7. The Bertz CT molecular complexity index is 774. The summed E-state index contributed by atoms with van der Waals surface area (Å²) in [6.07, 6.45) is 4.28. The highest BCUT2D eigenvalue weighted by molar-refractivity contribution is 5.97. The molecule has 2 aromatic carbocycles. The van der Waals surface area contributed by atoms with Gasteiger partial charge in [0.2, 0.25) is 0 Å². The number of carbonyl (C=O) groups excluding carboxylic acids is 1. The number of carbonyl (C=O) groups is 1. The Kier molecular flexibility index (Phi) is 6.85. The number of nitrogens with one attached hydrogen (secondary N) is 1. The van der Waals surface area contributed by atoms with Gasteiger partial charge in [0.05, 0.1) is 5.56 Å². The van der Waals surface area contributed by atoms with E-state index < -0.39 is 0 Å². The normalized spacial score (nSPS) is 18.1. The monoisotopic (exact) mass is 366 g/mol. The topological polar surface area (TPSA) is 59.9 Å². The molecule has 1 fully saturated rings. The van der Waals surface area contributed by atoms with Crippen LogP contribution in [0.15, 0.2) is 59.7 Å². The van der Waals surface area contributed by atoms with Crippen LogP contribution in [0, 0.1) is 5.92 Å². The molecule has 1 aliphatic rings. The largest absolute Gasteiger partial charge is 0.490 e. The van der Waals surface area contributed by atoms with Crippen LogP contribution >= 0.6 is 0 Å². The highest BCUT2D eigenvalue weighted by Crippen LogP contribution is 2.21. The van der Waals surface area contributed by atoms with Crippen LogP contribution in [0.4, 0.5) is 0 Å². The molecular formula is C22H26N2O3. The Morgan fingerprint density at radius 3 is 2.63 bits per heavy atom. The molecule has 1 saturated carbocycles. The van der Waals surface area contributed by atoms with Gasteiger partial charge in [-0.15, -0.1) is 0 Å². The molecule has 5 nitrogen and oxygen atoms in total. The predicted molar refractivity (Wildman–Crippen MR) is 106 cm³/mol. The van der Waals surface area contributed by atoms with Gasteiger partial charge in [-0.3, -0.25) is 4.79 Å². The zero-order valence-electron chi connectivity index (χ0n) is 15.7. The van der Waals surface area contributed by atoms with E-state index in [1.165, 1.54) is 6.42 Å².